The zero-order chi connectivity index (χ0) is 13.7. The molecule has 5 nitrogen and oxygen atoms in total. The van der Waals surface area contributed by atoms with E-state index >= 15 is 0 Å². The summed E-state index contributed by atoms with van der Waals surface area (Å²) in [6.45, 7) is 5.77. The van der Waals surface area contributed by atoms with Gasteiger partial charge in [-0.05, 0) is 18.8 Å². The van der Waals surface area contributed by atoms with Crippen molar-refractivity contribution in [3.8, 4) is 0 Å². The smallest absolute Gasteiger partial charge is 0.307 e. The monoisotopic (exact) mass is 257 g/mol. The summed E-state index contributed by atoms with van der Waals surface area (Å²) in [5.74, 6) is -1.34. The van der Waals surface area contributed by atoms with Gasteiger partial charge in [0.05, 0.1) is 18.4 Å². The van der Waals surface area contributed by atoms with Crippen LogP contribution in [0.4, 0.5) is 0 Å². The average Bonchev–Trinajstić information content (AvgIpc) is 2.20. The predicted molar refractivity (Wildman–Crippen MR) is 67.1 cm³/mol. The summed E-state index contributed by atoms with van der Waals surface area (Å²) in [4.78, 5) is 25.0. The molecule has 1 aliphatic rings. The summed E-state index contributed by atoms with van der Waals surface area (Å²) in [6, 6.07) is 0. The number of amides is 1. The highest BCUT2D eigenvalue weighted by atomic mass is 16.5. The lowest BCUT2D eigenvalue weighted by atomic mass is 9.73. The van der Waals surface area contributed by atoms with Gasteiger partial charge in [0.2, 0.25) is 5.91 Å². The lowest BCUT2D eigenvalue weighted by Crippen LogP contribution is -2.48. The second-order valence-electron chi connectivity index (χ2n) is 5.30. The number of methoxy groups -OCH3 is 1. The highest BCUT2D eigenvalue weighted by Gasteiger charge is 2.43. The Bertz CT molecular complexity index is 303. The van der Waals surface area contributed by atoms with E-state index in [4.69, 9.17) is 9.84 Å². The molecule has 18 heavy (non-hydrogen) atoms. The third-order valence-corrected chi connectivity index (χ3v) is 3.37. The van der Waals surface area contributed by atoms with Gasteiger partial charge in [0, 0.05) is 20.2 Å². The third kappa shape index (κ3) is 3.70. The SMILES string of the molecule is COCCN(CC(C)C)C(=O)C1CCC1C(=O)O. The lowest BCUT2D eigenvalue weighted by Gasteiger charge is -2.37. The number of carboxylic acids is 1. The second-order valence-corrected chi connectivity index (χ2v) is 5.30. The molecule has 0 saturated heterocycles. The van der Waals surface area contributed by atoms with Crippen LogP contribution in [0.2, 0.25) is 0 Å². The van der Waals surface area contributed by atoms with E-state index in [2.05, 4.69) is 0 Å². The van der Waals surface area contributed by atoms with E-state index < -0.39 is 11.9 Å². The highest BCUT2D eigenvalue weighted by Crippen LogP contribution is 2.36. The molecule has 1 fully saturated rings. The molecule has 1 amide bonds. The average molecular weight is 257 g/mol. The highest BCUT2D eigenvalue weighted by molar-refractivity contribution is 5.86. The van der Waals surface area contributed by atoms with Crippen LogP contribution in [0.15, 0.2) is 0 Å². The molecule has 0 spiro atoms. The van der Waals surface area contributed by atoms with Gasteiger partial charge in [-0.2, -0.15) is 0 Å². The van der Waals surface area contributed by atoms with E-state index in [1.807, 2.05) is 13.8 Å². The zero-order valence-corrected chi connectivity index (χ0v) is 11.4. The molecule has 1 aliphatic carbocycles. The Morgan fingerprint density at radius 3 is 2.33 bits per heavy atom. The van der Waals surface area contributed by atoms with Crippen LogP contribution in [-0.4, -0.2) is 48.7 Å². The minimum Gasteiger partial charge on any atom is -0.481 e. The number of carboxylic acid groups (broad SMARTS) is 1. The number of hydrogen-bond acceptors (Lipinski definition) is 3. The summed E-state index contributed by atoms with van der Waals surface area (Å²) in [5.41, 5.74) is 0. The van der Waals surface area contributed by atoms with Crippen molar-refractivity contribution >= 4 is 11.9 Å². The number of ether oxygens (including phenoxy) is 1. The fourth-order valence-corrected chi connectivity index (χ4v) is 2.26. The van der Waals surface area contributed by atoms with Gasteiger partial charge >= 0.3 is 5.97 Å². The molecular weight excluding hydrogens is 234 g/mol. The fourth-order valence-electron chi connectivity index (χ4n) is 2.26. The van der Waals surface area contributed by atoms with Crippen LogP contribution in [0.5, 0.6) is 0 Å². The molecule has 0 aromatic heterocycles. The summed E-state index contributed by atoms with van der Waals surface area (Å²) in [7, 11) is 1.60. The van der Waals surface area contributed by atoms with E-state index in [9.17, 15) is 9.59 Å². The van der Waals surface area contributed by atoms with Gasteiger partial charge in [0.1, 0.15) is 0 Å². The number of hydrogen-bond donors (Lipinski definition) is 1. The van der Waals surface area contributed by atoms with Crippen molar-refractivity contribution in [2.45, 2.75) is 26.7 Å². The lowest BCUT2D eigenvalue weighted by molar-refractivity contribution is -0.157. The molecule has 1 N–H and O–H groups in total. The first-order valence-electron chi connectivity index (χ1n) is 6.47. The van der Waals surface area contributed by atoms with Crippen LogP contribution in [0.25, 0.3) is 0 Å². The first-order chi connectivity index (χ1) is 8.47. The maximum absolute atomic E-state index is 12.3. The first-order valence-corrected chi connectivity index (χ1v) is 6.47. The van der Waals surface area contributed by atoms with Crippen molar-refractivity contribution < 1.29 is 19.4 Å². The summed E-state index contributed by atoms with van der Waals surface area (Å²) < 4.78 is 5.00. The van der Waals surface area contributed by atoms with Crippen LogP contribution in [-0.2, 0) is 14.3 Å². The molecule has 0 aromatic carbocycles. The van der Waals surface area contributed by atoms with Crippen LogP contribution in [0.1, 0.15) is 26.7 Å². The summed E-state index contributed by atoms with van der Waals surface area (Å²) in [5, 5.41) is 9.00. The molecule has 5 heteroatoms. The third-order valence-electron chi connectivity index (χ3n) is 3.37. The van der Waals surface area contributed by atoms with Crippen LogP contribution < -0.4 is 0 Å². The Morgan fingerprint density at radius 2 is 1.94 bits per heavy atom. The normalized spacial score (nSPS) is 22.7. The summed E-state index contributed by atoms with van der Waals surface area (Å²) in [6.07, 6.45) is 1.31. The van der Waals surface area contributed by atoms with E-state index in [0.29, 0.717) is 38.5 Å². The van der Waals surface area contributed by atoms with Crippen molar-refractivity contribution in [2.75, 3.05) is 26.8 Å². The quantitative estimate of drug-likeness (QED) is 0.745. The van der Waals surface area contributed by atoms with E-state index in [-0.39, 0.29) is 11.8 Å². The van der Waals surface area contributed by atoms with Gasteiger partial charge in [-0.25, -0.2) is 0 Å². The Kier molecular flexibility index (Phi) is 5.59. The Labute approximate surface area is 108 Å². The minimum atomic E-state index is -0.851. The van der Waals surface area contributed by atoms with Gasteiger partial charge in [0.25, 0.3) is 0 Å². The zero-order valence-electron chi connectivity index (χ0n) is 11.4. The molecule has 1 saturated carbocycles. The molecule has 1 rings (SSSR count). The van der Waals surface area contributed by atoms with Crippen molar-refractivity contribution in [1.29, 1.82) is 0 Å². The number of nitrogens with zero attached hydrogens (tertiary/aromatic N) is 1. The van der Waals surface area contributed by atoms with Gasteiger partial charge in [-0.15, -0.1) is 0 Å². The predicted octanol–water partition coefficient (Wildman–Crippen LogP) is 1.23. The van der Waals surface area contributed by atoms with Gasteiger partial charge in [-0.1, -0.05) is 13.8 Å². The molecule has 0 heterocycles. The van der Waals surface area contributed by atoms with Crippen molar-refractivity contribution in [2.24, 2.45) is 17.8 Å². The molecule has 0 radical (unpaired) electrons. The molecular formula is C13H23NO4. The largest absolute Gasteiger partial charge is 0.481 e. The number of carbonyl (C=O) groups excluding carboxylic acids is 1. The fraction of sp³-hybridized carbons (Fsp3) is 0.846. The van der Waals surface area contributed by atoms with Crippen LogP contribution in [0.3, 0.4) is 0 Å². The molecule has 2 unspecified atom stereocenters. The Balaban J connectivity index is 2.60. The number of rotatable bonds is 7. The van der Waals surface area contributed by atoms with Gasteiger partial charge in [-0.3, -0.25) is 9.59 Å². The number of aliphatic carboxylic acids is 1. The van der Waals surface area contributed by atoms with Gasteiger partial charge < -0.3 is 14.7 Å². The molecule has 0 aromatic rings. The molecule has 104 valence electrons. The van der Waals surface area contributed by atoms with Crippen molar-refractivity contribution in [1.82, 2.24) is 4.90 Å². The van der Waals surface area contributed by atoms with Crippen molar-refractivity contribution in [3.05, 3.63) is 0 Å². The standard InChI is InChI=1S/C13H23NO4/c1-9(2)8-14(6-7-18-3)12(15)10-4-5-11(10)13(16)17/h9-11H,4-8H2,1-3H3,(H,16,17). The van der Waals surface area contributed by atoms with Gasteiger partial charge in [0.15, 0.2) is 0 Å². The topological polar surface area (TPSA) is 66.8 Å². The van der Waals surface area contributed by atoms with E-state index in [1.165, 1.54) is 0 Å². The van der Waals surface area contributed by atoms with E-state index in [1.54, 1.807) is 12.0 Å². The molecule has 0 aliphatic heterocycles. The maximum atomic E-state index is 12.3. The first kappa shape index (κ1) is 15.0. The number of carbonyl (C=O) groups is 2. The molecule has 2 atom stereocenters. The Morgan fingerprint density at radius 1 is 1.33 bits per heavy atom. The van der Waals surface area contributed by atoms with E-state index in [0.717, 1.165) is 0 Å². The Hall–Kier alpha value is -1.10. The maximum Gasteiger partial charge on any atom is 0.307 e. The van der Waals surface area contributed by atoms with Crippen molar-refractivity contribution in [3.63, 3.8) is 0 Å². The molecule has 0 bridgehead atoms. The summed E-state index contributed by atoms with van der Waals surface area (Å²) >= 11 is 0. The second kappa shape index (κ2) is 6.73. The van der Waals surface area contributed by atoms with Crippen LogP contribution in [0, 0.1) is 17.8 Å². The minimum absolute atomic E-state index is 0.0283. The van der Waals surface area contributed by atoms with Crippen LogP contribution >= 0.6 is 0 Å².